The fourth-order valence-corrected chi connectivity index (χ4v) is 2.40. The van der Waals surface area contributed by atoms with Crippen LogP contribution in [0.25, 0.3) is 10.9 Å². The molecule has 10 heteroatoms. The molecule has 0 spiro atoms. The minimum atomic E-state index is -1.30. The van der Waals surface area contributed by atoms with E-state index >= 15 is 0 Å². The van der Waals surface area contributed by atoms with Gasteiger partial charge in [0.2, 0.25) is 0 Å². The van der Waals surface area contributed by atoms with E-state index in [0.717, 1.165) is 10.9 Å². The van der Waals surface area contributed by atoms with E-state index < -0.39 is 50.6 Å². The molecule has 0 fully saturated rings. The Morgan fingerprint density at radius 3 is 2.22 bits per heavy atom. The number of nitrogens with one attached hydrogen (secondary N) is 1. The number of carboxylic acids is 1. The number of aliphatic hydroxyl groups is 4. The van der Waals surface area contributed by atoms with Crippen molar-refractivity contribution in [3.63, 3.8) is 0 Å². The highest BCUT2D eigenvalue weighted by Gasteiger charge is 2.30. The monoisotopic (exact) mass is 384 g/mol. The van der Waals surface area contributed by atoms with Crippen LogP contribution >= 0.6 is 0 Å². The first-order valence-corrected chi connectivity index (χ1v) is 8.37. The number of rotatable bonds is 12. The van der Waals surface area contributed by atoms with Gasteiger partial charge in [-0.2, -0.15) is 0 Å². The molecule has 10 nitrogen and oxygen atoms in total. The van der Waals surface area contributed by atoms with Gasteiger partial charge in [-0.05, 0) is 11.6 Å². The van der Waals surface area contributed by atoms with Crippen molar-refractivity contribution < 1.29 is 40.0 Å². The minimum Gasteiger partial charge on any atom is -0.480 e. The molecule has 3 atom stereocenters. The maximum Gasteiger partial charge on any atom is 0.326 e. The van der Waals surface area contributed by atoms with Gasteiger partial charge in [-0.1, -0.05) is 23.4 Å². The average molecular weight is 384 g/mol. The highest BCUT2D eigenvalue weighted by Crippen LogP contribution is 2.21. The SMILES string of the molecule is O=C(O)[C@H](Cc1c[nH]c2ccccc12)N(OCC(O)CO)OCC(O)CO. The molecule has 2 aromatic rings. The summed E-state index contributed by atoms with van der Waals surface area (Å²) in [5.41, 5.74) is 1.55. The number of aromatic amines is 1. The summed E-state index contributed by atoms with van der Waals surface area (Å²) >= 11 is 0. The van der Waals surface area contributed by atoms with Crippen LogP contribution in [0.4, 0.5) is 0 Å². The Hall–Kier alpha value is -2.05. The molecule has 0 bridgehead atoms. The van der Waals surface area contributed by atoms with E-state index in [1.165, 1.54) is 0 Å². The summed E-state index contributed by atoms with van der Waals surface area (Å²) in [6, 6.07) is 6.07. The Labute approximate surface area is 155 Å². The number of benzene rings is 1. The quantitative estimate of drug-likeness (QED) is 0.254. The van der Waals surface area contributed by atoms with Gasteiger partial charge >= 0.3 is 5.97 Å². The van der Waals surface area contributed by atoms with Crippen LogP contribution in [0.5, 0.6) is 0 Å². The number of carbonyl (C=O) groups is 1. The highest BCUT2D eigenvalue weighted by molar-refractivity contribution is 5.84. The normalized spacial score (nSPS) is 15.1. The van der Waals surface area contributed by atoms with Gasteiger partial charge in [-0.25, -0.2) is 0 Å². The first-order chi connectivity index (χ1) is 13.0. The largest absolute Gasteiger partial charge is 0.480 e. The molecule has 0 aliphatic heterocycles. The van der Waals surface area contributed by atoms with Crippen molar-refractivity contribution in [3.8, 4) is 0 Å². The van der Waals surface area contributed by atoms with E-state index in [1.807, 2.05) is 24.3 Å². The number of aliphatic carboxylic acids is 1. The summed E-state index contributed by atoms with van der Waals surface area (Å²) in [6.45, 7) is -1.98. The number of hydroxylamine groups is 2. The average Bonchev–Trinajstić information content (AvgIpc) is 3.08. The van der Waals surface area contributed by atoms with Gasteiger partial charge in [0.15, 0.2) is 6.04 Å². The predicted octanol–water partition coefficient (Wildman–Crippen LogP) is -0.965. The van der Waals surface area contributed by atoms with Gasteiger partial charge in [0.1, 0.15) is 12.2 Å². The van der Waals surface area contributed by atoms with Crippen molar-refractivity contribution in [3.05, 3.63) is 36.0 Å². The van der Waals surface area contributed by atoms with E-state index in [-0.39, 0.29) is 6.42 Å². The van der Waals surface area contributed by atoms with Crippen LogP contribution in [0.15, 0.2) is 30.5 Å². The van der Waals surface area contributed by atoms with Crippen LogP contribution in [0.3, 0.4) is 0 Å². The Balaban J connectivity index is 2.18. The maximum absolute atomic E-state index is 11.8. The second kappa shape index (κ2) is 10.3. The molecule has 0 aliphatic rings. The number of carboxylic acid groups (broad SMARTS) is 1. The zero-order valence-corrected chi connectivity index (χ0v) is 14.6. The van der Waals surface area contributed by atoms with Crippen LogP contribution in [0.2, 0.25) is 0 Å². The van der Waals surface area contributed by atoms with Gasteiger partial charge in [-0.15, -0.1) is 0 Å². The summed E-state index contributed by atoms with van der Waals surface area (Å²) in [4.78, 5) is 25.2. The van der Waals surface area contributed by atoms with E-state index in [2.05, 4.69) is 4.98 Å². The molecule has 0 aliphatic carbocycles. The minimum absolute atomic E-state index is 0.00376. The molecule has 150 valence electrons. The zero-order valence-electron chi connectivity index (χ0n) is 14.6. The van der Waals surface area contributed by atoms with Crippen molar-refractivity contribution >= 4 is 16.9 Å². The summed E-state index contributed by atoms with van der Waals surface area (Å²) < 4.78 is 0. The first-order valence-electron chi connectivity index (χ1n) is 8.37. The van der Waals surface area contributed by atoms with Gasteiger partial charge in [-0.3, -0.25) is 14.5 Å². The lowest BCUT2D eigenvalue weighted by Crippen LogP contribution is -2.45. The van der Waals surface area contributed by atoms with Crippen LogP contribution < -0.4 is 0 Å². The summed E-state index contributed by atoms with van der Waals surface area (Å²) in [7, 11) is 0. The third-order valence-corrected chi connectivity index (χ3v) is 3.84. The predicted molar refractivity (Wildman–Crippen MR) is 93.4 cm³/mol. The first kappa shape index (κ1) is 21.3. The molecule has 0 radical (unpaired) electrons. The molecule has 6 N–H and O–H groups in total. The fourth-order valence-electron chi connectivity index (χ4n) is 2.40. The molecule has 1 aromatic carbocycles. The van der Waals surface area contributed by atoms with Crippen LogP contribution in [0, 0.1) is 0 Å². The number of nitrogens with zero attached hydrogens (tertiary/aromatic N) is 1. The smallest absolute Gasteiger partial charge is 0.326 e. The molecule has 1 heterocycles. The van der Waals surface area contributed by atoms with Gasteiger partial charge in [0.25, 0.3) is 0 Å². The Morgan fingerprint density at radius 2 is 1.67 bits per heavy atom. The number of hydrogen-bond donors (Lipinski definition) is 6. The van der Waals surface area contributed by atoms with Gasteiger partial charge in [0, 0.05) is 23.5 Å². The fraction of sp³-hybridized carbons (Fsp3) is 0.471. The van der Waals surface area contributed by atoms with Crippen molar-refractivity contribution in [1.82, 2.24) is 10.2 Å². The maximum atomic E-state index is 11.8. The van der Waals surface area contributed by atoms with Crippen LogP contribution in [0.1, 0.15) is 5.56 Å². The summed E-state index contributed by atoms with van der Waals surface area (Å²) in [5.74, 6) is -1.25. The molecule has 2 rings (SSSR count). The van der Waals surface area contributed by atoms with E-state index in [0.29, 0.717) is 10.8 Å². The van der Waals surface area contributed by atoms with Crippen molar-refractivity contribution in [2.24, 2.45) is 0 Å². The molecule has 27 heavy (non-hydrogen) atoms. The number of aromatic nitrogens is 1. The van der Waals surface area contributed by atoms with Gasteiger partial charge < -0.3 is 30.5 Å². The topological polar surface area (TPSA) is 156 Å². The Bertz CT molecular complexity index is 708. The molecule has 0 saturated carbocycles. The van der Waals surface area contributed by atoms with Crippen LogP contribution in [-0.4, -0.2) is 86.4 Å². The zero-order chi connectivity index (χ0) is 19.8. The number of H-pyrrole nitrogens is 1. The van der Waals surface area contributed by atoms with Gasteiger partial charge in [0.05, 0.1) is 26.4 Å². The second-order valence-corrected chi connectivity index (χ2v) is 5.97. The van der Waals surface area contributed by atoms with Crippen molar-refractivity contribution in [2.45, 2.75) is 24.7 Å². The second-order valence-electron chi connectivity index (χ2n) is 5.97. The van der Waals surface area contributed by atoms with E-state index in [9.17, 15) is 20.1 Å². The lowest BCUT2D eigenvalue weighted by atomic mass is 10.1. The number of para-hydroxylation sites is 1. The number of hydrogen-bond acceptors (Lipinski definition) is 8. The lowest BCUT2D eigenvalue weighted by Gasteiger charge is -2.28. The van der Waals surface area contributed by atoms with E-state index in [4.69, 9.17) is 19.9 Å². The third kappa shape index (κ3) is 5.97. The van der Waals surface area contributed by atoms with Crippen molar-refractivity contribution in [1.29, 1.82) is 0 Å². The standard InChI is InChI=1S/C17H24N2O8/c20-7-12(22)9-26-19(27-10-13(23)8-21)16(17(24)25)5-11-6-18-15-4-2-1-3-14(11)15/h1-4,6,12-13,16,18,20-23H,5,7-10H2,(H,24,25)/t12?,13?,16-/m0/s1. The third-order valence-electron chi connectivity index (χ3n) is 3.84. The molecule has 2 unspecified atom stereocenters. The highest BCUT2D eigenvalue weighted by atomic mass is 17.0. The van der Waals surface area contributed by atoms with Crippen LogP contribution in [-0.2, 0) is 20.9 Å². The molecular weight excluding hydrogens is 360 g/mol. The van der Waals surface area contributed by atoms with E-state index in [1.54, 1.807) is 6.20 Å². The summed E-state index contributed by atoms with van der Waals surface area (Å²) in [6.07, 6.45) is -0.781. The molecular formula is C17H24N2O8. The Kier molecular flexibility index (Phi) is 8.13. The molecule has 0 amide bonds. The Morgan fingerprint density at radius 1 is 1.07 bits per heavy atom. The lowest BCUT2D eigenvalue weighted by molar-refractivity contribution is -0.393. The molecule has 0 saturated heterocycles. The number of fused-ring (bicyclic) bond motifs is 1. The summed E-state index contributed by atoms with van der Waals surface area (Å²) in [5, 5.41) is 47.8. The molecule has 1 aromatic heterocycles. The van der Waals surface area contributed by atoms with Crippen molar-refractivity contribution in [2.75, 3.05) is 26.4 Å². The number of aliphatic hydroxyl groups excluding tert-OH is 4.